The predicted molar refractivity (Wildman–Crippen MR) is 163 cm³/mol. The number of alkyl halides is 15. The quantitative estimate of drug-likeness (QED) is 0.0636. The molecule has 0 aliphatic heterocycles. The first kappa shape index (κ1) is 53.5. The van der Waals surface area contributed by atoms with Crippen LogP contribution in [-0.4, -0.2) is 116 Å². The van der Waals surface area contributed by atoms with Gasteiger partial charge in [-0.15, -0.1) is 0 Å². The third-order valence-corrected chi connectivity index (χ3v) is 7.31. The molecular formula is C31H31F15N2O11. The van der Waals surface area contributed by atoms with Gasteiger partial charge in [-0.1, -0.05) is 26.3 Å². The molecule has 59 heavy (non-hydrogen) atoms. The van der Waals surface area contributed by atoms with Gasteiger partial charge in [0.05, 0.1) is 0 Å². The van der Waals surface area contributed by atoms with E-state index in [9.17, 15) is 68.3 Å². The Hall–Kier alpha value is -5.47. The van der Waals surface area contributed by atoms with Crippen LogP contribution in [0.25, 0.3) is 0 Å². The van der Waals surface area contributed by atoms with E-state index in [1.807, 2.05) is 0 Å². The van der Waals surface area contributed by atoms with Gasteiger partial charge in [-0.3, -0.25) is 4.79 Å². The molecule has 0 aromatic rings. The molecule has 2 amide bonds. The average Bonchev–Trinajstić information content (AvgIpc) is 3.10. The second-order valence-corrected chi connectivity index (χ2v) is 12.2. The summed E-state index contributed by atoms with van der Waals surface area (Å²) in [5, 5.41) is 1.93. The van der Waals surface area contributed by atoms with E-state index in [1.165, 1.54) is 5.32 Å². The van der Waals surface area contributed by atoms with Gasteiger partial charge in [0.2, 0.25) is 5.91 Å². The van der Waals surface area contributed by atoms with Crippen molar-refractivity contribution in [3.05, 3.63) is 50.6 Å². The highest BCUT2D eigenvalue weighted by molar-refractivity contribution is 5.87. The van der Waals surface area contributed by atoms with Crippen molar-refractivity contribution in [2.45, 2.75) is 73.7 Å². The molecule has 0 aromatic carbocycles. The van der Waals surface area contributed by atoms with Crippen molar-refractivity contribution < 1.29 is 118 Å². The second kappa shape index (κ2) is 19.1. The molecule has 0 saturated carbocycles. The molecule has 0 rings (SSSR count). The smallest absolute Gasteiger partial charge is 0.457 e. The number of hydrogen-bond donors (Lipinski definition) is 2. The summed E-state index contributed by atoms with van der Waals surface area (Å²) in [6.45, 7) is 6.19. The monoisotopic (exact) mass is 892 g/mol. The first-order valence-electron chi connectivity index (χ1n) is 15.2. The van der Waals surface area contributed by atoms with Crippen LogP contribution < -0.4 is 10.6 Å². The maximum Gasteiger partial charge on any atom is 0.457 e. The predicted octanol–water partition coefficient (Wildman–Crippen LogP) is 5.60. The van der Waals surface area contributed by atoms with Gasteiger partial charge in [-0.2, -0.15) is 65.9 Å². The number of ether oxygens (including phenoxy) is 5. The van der Waals surface area contributed by atoms with Crippen molar-refractivity contribution in [3.8, 4) is 0 Å². The van der Waals surface area contributed by atoms with E-state index in [2.05, 4.69) is 50.0 Å². The molecule has 0 aliphatic rings. The lowest BCUT2D eigenvalue weighted by Gasteiger charge is -2.47. The number of amides is 2. The first-order valence-corrected chi connectivity index (χ1v) is 15.2. The van der Waals surface area contributed by atoms with E-state index in [0.29, 0.717) is 24.4 Å². The Bertz CT molecular complexity index is 1550. The zero-order chi connectivity index (χ0) is 46.9. The fraction of sp³-hybridized carbons (Fsp3) is 0.548. The molecule has 0 heterocycles. The Morgan fingerprint density at radius 2 is 0.797 bits per heavy atom. The topological polar surface area (TPSA) is 173 Å². The van der Waals surface area contributed by atoms with E-state index < -0.39 is 128 Å². The van der Waals surface area contributed by atoms with Crippen LogP contribution in [-0.2, 0) is 47.7 Å². The summed E-state index contributed by atoms with van der Waals surface area (Å²) < 4.78 is 239. The summed E-state index contributed by atoms with van der Waals surface area (Å²) in [6, 6.07) is 0. The molecule has 1 unspecified atom stereocenters. The average molecular weight is 893 g/mol. The SMILES string of the molecule is C=CC(=O)OCC(C)(COC(=O)C=C)NC(=O)OC(CC(C(=O)NC(C)(COC(=O)C=C)COC(=O)C=C)(C(F)(F)C(F)(F)F)C(F)(F)C(F)(F)F)C(F)(F)C(F)(F)F. The summed E-state index contributed by atoms with van der Waals surface area (Å²) in [5.74, 6) is -33.6. The van der Waals surface area contributed by atoms with Crippen LogP contribution in [0.4, 0.5) is 70.7 Å². The Labute approximate surface area is 321 Å². The maximum atomic E-state index is 15.6. The fourth-order valence-electron chi connectivity index (χ4n) is 4.19. The van der Waals surface area contributed by atoms with Gasteiger partial charge in [-0.05, 0) is 13.8 Å². The van der Waals surface area contributed by atoms with Crippen molar-refractivity contribution in [2.75, 3.05) is 26.4 Å². The number of rotatable bonds is 21. The van der Waals surface area contributed by atoms with Crippen LogP contribution in [0.1, 0.15) is 20.3 Å². The highest BCUT2D eigenvalue weighted by Gasteiger charge is 2.89. The molecule has 0 radical (unpaired) electrons. The third-order valence-electron chi connectivity index (χ3n) is 7.31. The van der Waals surface area contributed by atoms with Gasteiger partial charge < -0.3 is 34.3 Å². The number of carbonyl (C=O) groups excluding carboxylic acids is 6. The Morgan fingerprint density at radius 1 is 0.508 bits per heavy atom. The fourth-order valence-corrected chi connectivity index (χ4v) is 4.19. The van der Waals surface area contributed by atoms with Crippen LogP contribution in [0.15, 0.2) is 50.6 Å². The third kappa shape index (κ3) is 12.8. The van der Waals surface area contributed by atoms with E-state index in [0.717, 1.165) is 0 Å². The van der Waals surface area contributed by atoms with Gasteiger partial charge >= 0.3 is 66.3 Å². The lowest BCUT2D eigenvalue weighted by Crippen LogP contribution is -2.74. The highest BCUT2D eigenvalue weighted by Crippen LogP contribution is 2.63. The number of esters is 4. The number of alkyl carbamates (subject to hydrolysis) is 1. The standard InChI is InChI=1S/C31H31F15N2O11/c1-7-17(49)55-12-23(5,13-56-18(50)8-2)47-21(53)25(27(34,35)30(41,42)43,28(36,37)31(44,45)46)11-16(26(32,33)29(38,39)40)59-22(54)48-24(6,14-57-19(51)9-3)15-58-20(52)10-4/h7-10,16H,1-4,11-15H2,5-6H3,(H,47,53)(H,48,54). The molecule has 2 N–H and O–H groups in total. The van der Waals surface area contributed by atoms with Crippen molar-refractivity contribution >= 4 is 35.9 Å². The van der Waals surface area contributed by atoms with E-state index in [-0.39, 0.29) is 19.1 Å². The molecule has 0 aliphatic carbocycles. The molecular weight excluding hydrogens is 861 g/mol. The van der Waals surface area contributed by atoms with Crippen molar-refractivity contribution in [1.29, 1.82) is 0 Å². The molecule has 0 aromatic heterocycles. The molecule has 0 spiro atoms. The van der Waals surface area contributed by atoms with E-state index >= 15 is 26.3 Å². The highest BCUT2D eigenvalue weighted by atomic mass is 19.4. The minimum Gasteiger partial charge on any atom is -0.460 e. The van der Waals surface area contributed by atoms with Gasteiger partial charge in [0.15, 0.2) is 11.5 Å². The van der Waals surface area contributed by atoms with Crippen LogP contribution in [0.2, 0.25) is 0 Å². The Kier molecular flexibility index (Phi) is 17.3. The van der Waals surface area contributed by atoms with Crippen molar-refractivity contribution in [1.82, 2.24) is 10.6 Å². The number of hydrogen-bond acceptors (Lipinski definition) is 11. The largest absolute Gasteiger partial charge is 0.460 e. The Morgan fingerprint density at radius 3 is 1.05 bits per heavy atom. The van der Waals surface area contributed by atoms with E-state index in [4.69, 9.17) is 0 Å². The molecule has 0 fully saturated rings. The summed E-state index contributed by atoms with van der Waals surface area (Å²) in [5.41, 5.74) is -13.3. The molecule has 1 atom stereocenters. The van der Waals surface area contributed by atoms with Gasteiger partial charge in [-0.25, -0.2) is 24.0 Å². The van der Waals surface area contributed by atoms with Crippen LogP contribution in [0, 0.1) is 5.41 Å². The number of halogens is 15. The maximum absolute atomic E-state index is 15.6. The van der Waals surface area contributed by atoms with Crippen LogP contribution >= 0.6 is 0 Å². The van der Waals surface area contributed by atoms with Crippen molar-refractivity contribution in [3.63, 3.8) is 0 Å². The summed E-state index contributed by atoms with van der Waals surface area (Å²) >= 11 is 0. The molecule has 0 saturated heterocycles. The molecule has 336 valence electrons. The molecule has 13 nitrogen and oxygen atoms in total. The minimum absolute atomic E-state index is 0.227. The van der Waals surface area contributed by atoms with Gasteiger partial charge in [0.25, 0.3) is 0 Å². The van der Waals surface area contributed by atoms with Crippen LogP contribution in [0.5, 0.6) is 0 Å². The normalized spacial score (nSPS) is 13.8. The zero-order valence-corrected chi connectivity index (χ0v) is 29.9. The lowest BCUT2D eigenvalue weighted by molar-refractivity contribution is -0.405. The number of nitrogens with one attached hydrogen (secondary N) is 2. The minimum atomic E-state index is -8.09. The van der Waals surface area contributed by atoms with E-state index in [1.54, 1.807) is 0 Å². The summed E-state index contributed by atoms with van der Waals surface area (Å²) in [4.78, 5) is 72.7. The molecule has 28 heteroatoms. The zero-order valence-electron chi connectivity index (χ0n) is 29.9. The lowest BCUT2D eigenvalue weighted by atomic mass is 9.68. The molecule has 0 bridgehead atoms. The summed E-state index contributed by atoms with van der Waals surface area (Å²) in [6.07, 6.45) is -34.7. The van der Waals surface area contributed by atoms with Crippen LogP contribution in [0.3, 0.4) is 0 Å². The van der Waals surface area contributed by atoms with Crippen molar-refractivity contribution in [2.24, 2.45) is 5.41 Å². The summed E-state index contributed by atoms with van der Waals surface area (Å²) in [7, 11) is 0. The first-order chi connectivity index (χ1) is 26.4. The van der Waals surface area contributed by atoms with Gasteiger partial charge in [0.1, 0.15) is 37.5 Å². The number of carbonyl (C=O) groups is 6. The second-order valence-electron chi connectivity index (χ2n) is 12.2. The Balaban J connectivity index is 8.24. The van der Waals surface area contributed by atoms with Gasteiger partial charge in [0, 0.05) is 30.7 Å².